The summed E-state index contributed by atoms with van der Waals surface area (Å²) in [6, 6.07) is 13.2. The van der Waals surface area contributed by atoms with E-state index in [1.165, 1.54) is 11.9 Å². The number of halogens is 1. The molecule has 2 rings (SSSR count). The molecule has 1 N–H and O–H groups in total. The summed E-state index contributed by atoms with van der Waals surface area (Å²) in [5.41, 5.74) is 2.10. The van der Waals surface area contributed by atoms with Crippen LogP contribution >= 0.6 is 11.6 Å². The van der Waals surface area contributed by atoms with Crippen LogP contribution in [0.3, 0.4) is 0 Å². The Kier molecular flexibility index (Phi) is 8.69. The average Bonchev–Trinajstić information content (AvgIpc) is 2.75. The highest BCUT2D eigenvalue weighted by atomic mass is 35.5. The average molecular weight is 480 g/mol. The van der Waals surface area contributed by atoms with E-state index in [0.29, 0.717) is 16.3 Å². The molecule has 0 heterocycles. The fourth-order valence-corrected chi connectivity index (χ4v) is 4.29. The number of benzene rings is 2. The van der Waals surface area contributed by atoms with E-state index in [-0.39, 0.29) is 18.4 Å². The number of anilines is 1. The molecule has 0 fully saturated rings. The van der Waals surface area contributed by atoms with Crippen molar-refractivity contribution in [1.29, 1.82) is 0 Å². The number of carbonyl (C=O) groups excluding carboxylic acids is 2. The highest BCUT2D eigenvalue weighted by Crippen LogP contribution is 2.23. The van der Waals surface area contributed by atoms with E-state index in [9.17, 15) is 18.0 Å². The van der Waals surface area contributed by atoms with Crippen molar-refractivity contribution >= 4 is 39.1 Å². The smallest absolute Gasteiger partial charge is 0.244 e. The van der Waals surface area contributed by atoms with Gasteiger partial charge in [0, 0.05) is 18.6 Å². The molecule has 1 unspecified atom stereocenters. The third-order valence-corrected chi connectivity index (χ3v) is 6.75. The molecule has 0 aliphatic carbocycles. The van der Waals surface area contributed by atoms with Crippen LogP contribution in [0.1, 0.15) is 37.8 Å². The van der Waals surface area contributed by atoms with Gasteiger partial charge in [0.05, 0.1) is 11.9 Å². The van der Waals surface area contributed by atoms with Gasteiger partial charge in [0.25, 0.3) is 0 Å². The Morgan fingerprint density at radius 1 is 1.03 bits per heavy atom. The number of hydrogen-bond donors (Lipinski definition) is 1. The maximum Gasteiger partial charge on any atom is 0.244 e. The van der Waals surface area contributed by atoms with E-state index in [4.69, 9.17) is 11.6 Å². The number of sulfonamides is 1. The molecule has 2 amide bonds. The molecule has 7 nitrogen and oxygen atoms in total. The molecule has 32 heavy (non-hydrogen) atoms. The third-order valence-electron chi connectivity index (χ3n) is 5.24. The second-order valence-electron chi connectivity index (χ2n) is 7.92. The molecule has 2 aromatic rings. The van der Waals surface area contributed by atoms with Gasteiger partial charge in [-0.05, 0) is 42.2 Å². The molecule has 9 heteroatoms. The molecule has 0 saturated heterocycles. The molecular formula is C23H30ClN3O4S. The Bertz CT molecular complexity index is 1060. The van der Waals surface area contributed by atoms with Gasteiger partial charge in [-0.1, -0.05) is 55.8 Å². The Balaban J connectivity index is 2.38. The quantitative estimate of drug-likeness (QED) is 0.597. The molecule has 0 spiro atoms. The summed E-state index contributed by atoms with van der Waals surface area (Å²) in [5.74, 6) is -0.589. The monoisotopic (exact) mass is 479 g/mol. The molecule has 2 aromatic carbocycles. The van der Waals surface area contributed by atoms with Crippen LogP contribution in [0.5, 0.6) is 0 Å². The SMILES string of the molecule is CNC(=O)C(C)N(Cc1ccccc1Cl)C(=O)CN(c1ccc(C(C)C)cc1)S(C)(=O)=O. The predicted molar refractivity (Wildman–Crippen MR) is 128 cm³/mol. The first kappa shape index (κ1) is 25.7. The van der Waals surface area contributed by atoms with E-state index in [2.05, 4.69) is 5.32 Å². The lowest BCUT2D eigenvalue weighted by molar-refractivity contribution is -0.139. The summed E-state index contributed by atoms with van der Waals surface area (Å²) in [7, 11) is -2.27. The van der Waals surface area contributed by atoms with E-state index in [1.807, 2.05) is 26.0 Å². The van der Waals surface area contributed by atoms with Crippen LogP contribution in [0.25, 0.3) is 0 Å². The Hall–Kier alpha value is -2.58. The van der Waals surface area contributed by atoms with Gasteiger partial charge in [-0.2, -0.15) is 0 Å². The Labute approximate surface area is 195 Å². The van der Waals surface area contributed by atoms with Crippen molar-refractivity contribution in [2.24, 2.45) is 0 Å². The van der Waals surface area contributed by atoms with E-state index < -0.39 is 28.5 Å². The van der Waals surface area contributed by atoms with Gasteiger partial charge >= 0.3 is 0 Å². The van der Waals surface area contributed by atoms with Gasteiger partial charge < -0.3 is 10.2 Å². The van der Waals surface area contributed by atoms with Gasteiger partial charge in [0.1, 0.15) is 12.6 Å². The summed E-state index contributed by atoms with van der Waals surface area (Å²) in [6.45, 7) is 5.30. The van der Waals surface area contributed by atoms with Crippen LogP contribution in [0.4, 0.5) is 5.69 Å². The van der Waals surface area contributed by atoms with E-state index in [1.54, 1.807) is 43.3 Å². The zero-order valence-corrected chi connectivity index (χ0v) is 20.6. The molecule has 0 aromatic heterocycles. The first-order valence-corrected chi connectivity index (χ1v) is 12.5. The van der Waals surface area contributed by atoms with Crippen LogP contribution < -0.4 is 9.62 Å². The van der Waals surface area contributed by atoms with Crippen molar-refractivity contribution in [2.75, 3.05) is 24.2 Å². The minimum Gasteiger partial charge on any atom is -0.357 e. The summed E-state index contributed by atoms with van der Waals surface area (Å²) in [6.07, 6.45) is 1.05. The van der Waals surface area contributed by atoms with Crippen LogP contribution in [0.15, 0.2) is 48.5 Å². The lowest BCUT2D eigenvalue weighted by Crippen LogP contribution is -2.50. The van der Waals surface area contributed by atoms with Crippen molar-refractivity contribution in [3.63, 3.8) is 0 Å². The number of nitrogens with one attached hydrogen (secondary N) is 1. The normalized spacial score (nSPS) is 12.3. The summed E-state index contributed by atoms with van der Waals surface area (Å²) >= 11 is 6.26. The topological polar surface area (TPSA) is 86.8 Å². The molecule has 0 aliphatic rings. The zero-order chi connectivity index (χ0) is 24.1. The minimum absolute atomic E-state index is 0.0665. The standard InChI is InChI=1S/C23H30ClN3O4S/c1-16(2)18-10-12-20(13-11-18)27(32(5,30)31)15-22(28)26(17(3)23(29)25-4)14-19-8-6-7-9-21(19)24/h6-13,16-17H,14-15H2,1-5H3,(H,25,29). The van der Waals surface area contributed by atoms with E-state index in [0.717, 1.165) is 16.1 Å². The van der Waals surface area contributed by atoms with Gasteiger partial charge in [-0.3, -0.25) is 13.9 Å². The number of likely N-dealkylation sites (N-methyl/N-ethyl adjacent to an activating group) is 1. The van der Waals surface area contributed by atoms with Gasteiger partial charge in [0.2, 0.25) is 21.8 Å². The minimum atomic E-state index is -3.75. The highest BCUT2D eigenvalue weighted by Gasteiger charge is 2.30. The highest BCUT2D eigenvalue weighted by molar-refractivity contribution is 7.92. The van der Waals surface area contributed by atoms with Crippen molar-refractivity contribution in [1.82, 2.24) is 10.2 Å². The number of carbonyl (C=O) groups is 2. The first-order chi connectivity index (χ1) is 15.0. The van der Waals surface area contributed by atoms with Gasteiger partial charge in [0.15, 0.2) is 0 Å². The van der Waals surface area contributed by atoms with Crippen molar-refractivity contribution < 1.29 is 18.0 Å². The van der Waals surface area contributed by atoms with Crippen molar-refractivity contribution in [3.05, 3.63) is 64.7 Å². The lowest BCUT2D eigenvalue weighted by Gasteiger charge is -2.31. The van der Waals surface area contributed by atoms with Gasteiger partial charge in [-0.15, -0.1) is 0 Å². The fourth-order valence-electron chi connectivity index (χ4n) is 3.24. The largest absolute Gasteiger partial charge is 0.357 e. The van der Waals surface area contributed by atoms with Crippen molar-refractivity contribution in [3.8, 4) is 0 Å². The van der Waals surface area contributed by atoms with Gasteiger partial charge in [-0.25, -0.2) is 8.42 Å². The zero-order valence-electron chi connectivity index (χ0n) is 19.0. The van der Waals surface area contributed by atoms with Crippen LogP contribution in [-0.4, -0.2) is 51.0 Å². The second kappa shape index (κ2) is 10.8. The second-order valence-corrected chi connectivity index (χ2v) is 10.2. The Morgan fingerprint density at radius 3 is 2.12 bits per heavy atom. The summed E-state index contributed by atoms with van der Waals surface area (Å²) < 4.78 is 26.1. The Morgan fingerprint density at radius 2 is 1.62 bits per heavy atom. The fraction of sp³-hybridized carbons (Fsp3) is 0.391. The lowest BCUT2D eigenvalue weighted by atomic mass is 10.0. The number of nitrogens with zero attached hydrogens (tertiary/aromatic N) is 2. The molecule has 0 radical (unpaired) electrons. The molecular weight excluding hydrogens is 450 g/mol. The van der Waals surface area contributed by atoms with E-state index >= 15 is 0 Å². The predicted octanol–water partition coefficient (Wildman–Crippen LogP) is 3.39. The van der Waals surface area contributed by atoms with Crippen molar-refractivity contribution in [2.45, 2.75) is 39.3 Å². The maximum atomic E-state index is 13.3. The molecule has 0 bridgehead atoms. The molecule has 1 atom stereocenters. The number of amides is 2. The molecule has 0 saturated carbocycles. The summed E-state index contributed by atoms with van der Waals surface area (Å²) in [4.78, 5) is 27.0. The third kappa shape index (κ3) is 6.46. The first-order valence-electron chi connectivity index (χ1n) is 10.3. The summed E-state index contributed by atoms with van der Waals surface area (Å²) in [5, 5.41) is 2.99. The van der Waals surface area contributed by atoms with Crippen LogP contribution in [0.2, 0.25) is 5.02 Å². The number of rotatable bonds is 9. The maximum absolute atomic E-state index is 13.3. The van der Waals surface area contributed by atoms with Crippen LogP contribution in [0, 0.1) is 0 Å². The van der Waals surface area contributed by atoms with Crippen LogP contribution in [-0.2, 0) is 26.2 Å². The number of hydrogen-bond acceptors (Lipinski definition) is 4. The molecule has 0 aliphatic heterocycles. The molecule has 174 valence electrons.